The number of hydrogen-bond acceptors (Lipinski definition) is 4. The van der Waals surface area contributed by atoms with Crippen LogP contribution in [0, 0.1) is 5.82 Å². The minimum Gasteiger partial charge on any atom is -0.319 e. The fourth-order valence-electron chi connectivity index (χ4n) is 2.42. The monoisotopic (exact) mass is 388 g/mol. The molecule has 0 aliphatic heterocycles. The lowest BCUT2D eigenvalue weighted by Crippen LogP contribution is -2.11. The summed E-state index contributed by atoms with van der Waals surface area (Å²) in [6.07, 6.45) is 0. The zero-order valence-electron chi connectivity index (χ0n) is 12.6. The van der Waals surface area contributed by atoms with Crippen molar-refractivity contribution in [2.75, 3.05) is 5.32 Å². The minimum atomic E-state index is -0.466. The first-order chi connectivity index (χ1) is 12.1. The third-order valence-electron chi connectivity index (χ3n) is 3.64. The van der Waals surface area contributed by atoms with Crippen LogP contribution in [0.3, 0.4) is 0 Å². The summed E-state index contributed by atoms with van der Waals surface area (Å²) >= 11 is 9.20. The van der Waals surface area contributed by atoms with Gasteiger partial charge < -0.3 is 5.32 Å². The summed E-state index contributed by atoms with van der Waals surface area (Å²) in [4.78, 5) is 18.0. The molecule has 3 nitrogen and oxygen atoms in total. The average Bonchev–Trinajstić information content (AvgIpc) is 3.24. The third kappa shape index (κ3) is 3.16. The lowest BCUT2D eigenvalue weighted by atomic mass is 10.2. The number of thiazole rings is 1. The van der Waals surface area contributed by atoms with E-state index in [9.17, 15) is 9.18 Å². The number of aromatic nitrogens is 1. The Morgan fingerprint density at radius 3 is 2.84 bits per heavy atom. The Balaban J connectivity index is 1.64. The van der Waals surface area contributed by atoms with E-state index in [2.05, 4.69) is 10.3 Å². The molecule has 0 saturated heterocycles. The fourth-order valence-corrected chi connectivity index (χ4v) is 4.36. The maximum absolute atomic E-state index is 13.7. The molecule has 0 saturated carbocycles. The Labute approximate surface area is 155 Å². The van der Waals surface area contributed by atoms with Crippen molar-refractivity contribution in [3.8, 4) is 10.4 Å². The van der Waals surface area contributed by atoms with Crippen LogP contribution in [0.25, 0.3) is 20.7 Å². The predicted molar refractivity (Wildman–Crippen MR) is 102 cm³/mol. The Kier molecular flexibility index (Phi) is 4.25. The molecule has 2 heterocycles. The van der Waals surface area contributed by atoms with Gasteiger partial charge in [0, 0.05) is 10.4 Å². The van der Waals surface area contributed by atoms with Gasteiger partial charge in [-0.05, 0) is 36.4 Å². The van der Waals surface area contributed by atoms with Gasteiger partial charge in [0.15, 0.2) is 0 Å². The second-order valence-corrected chi connectivity index (χ2v) is 7.63. The summed E-state index contributed by atoms with van der Waals surface area (Å²) in [6.45, 7) is 0. The van der Waals surface area contributed by atoms with Crippen molar-refractivity contribution in [1.82, 2.24) is 4.98 Å². The van der Waals surface area contributed by atoms with Crippen molar-refractivity contribution in [1.29, 1.82) is 0 Å². The van der Waals surface area contributed by atoms with Gasteiger partial charge in [0.2, 0.25) is 0 Å². The number of carbonyl (C=O) groups is 1. The van der Waals surface area contributed by atoms with Gasteiger partial charge in [-0.1, -0.05) is 23.7 Å². The highest BCUT2D eigenvalue weighted by Gasteiger charge is 2.15. The highest BCUT2D eigenvalue weighted by atomic mass is 35.5. The number of anilines is 1. The number of carbonyl (C=O) groups excluding carboxylic acids is 1. The largest absolute Gasteiger partial charge is 0.319 e. The topological polar surface area (TPSA) is 42.0 Å². The van der Waals surface area contributed by atoms with E-state index >= 15 is 0 Å². The van der Waals surface area contributed by atoms with Crippen LogP contribution < -0.4 is 5.32 Å². The van der Waals surface area contributed by atoms with Gasteiger partial charge in [0.25, 0.3) is 5.91 Å². The first-order valence-electron chi connectivity index (χ1n) is 7.30. The van der Waals surface area contributed by atoms with Gasteiger partial charge >= 0.3 is 0 Å². The van der Waals surface area contributed by atoms with E-state index in [0.29, 0.717) is 9.90 Å². The summed E-state index contributed by atoms with van der Waals surface area (Å²) in [5.74, 6) is -0.817. The third-order valence-corrected chi connectivity index (χ3v) is 5.86. The van der Waals surface area contributed by atoms with Crippen LogP contribution in [-0.2, 0) is 0 Å². The average molecular weight is 389 g/mol. The van der Waals surface area contributed by atoms with E-state index in [-0.39, 0.29) is 11.6 Å². The second-order valence-electron chi connectivity index (χ2n) is 5.25. The maximum Gasteiger partial charge on any atom is 0.265 e. The van der Waals surface area contributed by atoms with Crippen LogP contribution in [-0.4, -0.2) is 10.9 Å². The van der Waals surface area contributed by atoms with E-state index in [1.165, 1.54) is 34.8 Å². The smallest absolute Gasteiger partial charge is 0.265 e. The Morgan fingerprint density at radius 1 is 1.16 bits per heavy atom. The molecule has 124 valence electrons. The second kappa shape index (κ2) is 6.55. The van der Waals surface area contributed by atoms with Crippen LogP contribution in [0.2, 0.25) is 5.02 Å². The van der Waals surface area contributed by atoms with Gasteiger partial charge in [0.05, 0.1) is 31.3 Å². The highest BCUT2D eigenvalue weighted by Crippen LogP contribution is 2.37. The Morgan fingerprint density at radius 2 is 2.00 bits per heavy atom. The zero-order valence-corrected chi connectivity index (χ0v) is 15.0. The first-order valence-corrected chi connectivity index (χ1v) is 9.38. The molecule has 1 amide bonds. The Bertz CT molecular complexity index is 1090. The number of nitrogens with one attached hydrogen (secondary N) is 1. The molecule has 0 fully saturated rings. The van der Waals surface area contributed by atoms with E-state index < -0.39 is 5.82 Å². The quantitative estimate of drug-likeness (QED) is 0.462. The lowest BCUT2D eigenvalue weighted by molar-refractivity contribution is 0.103. The van der Waals surface area contributed by atoms with Crippen LogP contribution in [0.4, 0.5) is 10.1 Å². The molecular formula is C18H10ClFN2OS2. The molecule has 0 spiro atoms. The molecule has 0 atom stereocenters. The molecule has 25 heavy (non-hydrogen) atoms. The van der Waals surface area contributed by atoms with Gasteiger partial charge in [-0.3, -0.25) is 4.79 Å². The normalized spacial score (nSPS) is 11.0. The van der Waals surface area contributed by atoms with Gasteiger partial charge in [0.1, 0.15) is 5.82 Å². The van der Waals surface area contributed by atoms with E-state index in [4.69, 9.17) is 11.6 Å². The van der Waals surface area contributed by atoms with Crippen molar-refractivity contribution in [3.05, 3.63) is 69.8 Å². The number of hydrogen-bond donors (Lipinski definition) is 1. The molecule has 7 heteroatoms. The van der Waals surface area contributed by atoms with E-state index in [1.807, 2.05) is 18.2 Å². The summed E-state index contributed by atoms with van der Waals surface area (Å²) in [7, 11) is 0. The van der Waals surface area contributed by atoms with Crippen molar-refractivity contribution in [2.45, 2.75) is 0 Å². The van der Waals surface area contributed by atoms with Crippen molar-refractivity contribution >= 4 is 56.1 Å². The summed E-state index contributed by atoms with van der Waals surface area (Å²) in [6, 6.07) is 13.4. The van der Waals surface area contributed by atoms with Gasteiger partial charge in [-0.25, -0.2) is 9.37 Å². The molecule has 0 aliphatic carbocycles. The molecule has 0 aliphatic rings. The molecule has 4 rings (SSSR count). The Hall–Kier alpha value is -2.28. The number of rotatable bonds is 3. The van der Waals surface area contributed by atoms with E-state index in [0.717, 1.165) is 20.7 Å². The SMILES string of the molecule is O=C(Nc1ccccc1F)c1ccc(-c2cc3scnc3cc2Cl)s1. The highest BCUT2D eigenvalue weighted by molar-refractivity contribution is 7.18. The standard InChI is InChI=1S/C18H10ClFN2OS2/c19-11-8-14-17(24-9-21-14)7-10(11)15-5-6-16(25-15)18(23)22-13-4-2-1-3-12(13)20/h1-9H,(H,22,23). The van der Waals surface area contributed by atoms with Crippen molar-refractivity contribution in [2.24, 2.45) is 0 Å². The van der Waals surface area contributed by atoms with Gasteiger partial charge in [-0.15, -0.1) is 22.7 Å². The summed E-state index contributed by atoms with van der Waals surface area (Å²) < 4.78 is 14.7. The van der Waals surface area contributed by atoms with E-state index in [1.54, 1.807) is 23.7 Å². The molecule has 0 bridgehead atoms. The first kappa shape index (κ1) is 16.2. The van der Waals surface area contributed by atoms with Crippen LogP contribution >= 0.6 is 34.3 Å². The predicted octanol–water partition coefficient (Wildman–Crippen LogP) is 6.07. The zero-order chi connectivity index (χ0) is 17.4. The maximum atomic E-state index is 13.7. The molecule has 1 N–H and O–H groups in total. The number of para-hydroxylation sites is 1. The molecule has 2 aromatic carbocycles. The van der Waals surface area contributed by atoms with Crippen LogP contribution in [0.1, 0.15) is 9.67 Å². The van der Waals surface area contributed by atoms with Gasteiger partial charge in [-0.2, -0.15) is 0 Å². The van der Waals surface area contributed by atoms with Crippen LogP contribution in [0.15, 0.2) is 54.0 Å². The fraction of sp³-hybridized carbons (Fsp3) is 0. The number of amides is 1. The molecular weight excluding hydrogens is 379 g/mol. The molecule has 0 unspecified atom stereocenters. The number of halogens is 2. The number of benzene rings is 2. The summed E-state index contributed by atoms with van der Waals surface area (Å²) in [5.41, 5.74) is 3.64. The molecule has 2 aromatic heterocycles. The minimum absolute atomic E-state index is 0.159. The van der Waals surface area contributed by atoms with Crippen LogP contribution in [0.5, 0.6) is 0 Å². The number of nitrogens with zero attached hydrogens (tertiary/aromatic N) is 1. The number of fused-ring (bicyclic) bond motifs is 1. The summed E-state index contributed by atoms with van der Waals surface area (Å²) in [5, 5.41) is 3.17. The van der Waals surface area contributed by atoms with Crippen molar-refractivity contribution in [3.63, 3.8) is 0 Å². The molecule has 4 aromatic rings. The van der Waals surface area contributed by atoms with Crippen molar-refractivity contribution < 1.29 is 9.18 Å². The lowest BCUT2D eigenvalue weighted by Gasteiger charge is -2.04. The number of thiophene rings is 1. The molecule has 0 radical (unpaired) electrons.